The minimum atomic E-state index is -0.462. The molecule has 0 atom stereocenters. The van der Waals surface area contributed by atoms with Crippen LogP contribution in [0.1, 0.15) is 5.56 Å². The number of hydrogen-bond acceptors (Lipinski definition) is 4. The molecule has 0 fully saturated rings. The Hall–Kier alpha value is -3.80. The molecule has 0 spiro atoms. The monoisotopic (exact) mass is 357 g/mol. The maximum Gasteiger partial charge on any atom is 0.280 e. The molecule has 0 N–H and O–H groups in total. The van der Waals surface area contributed by atoms with Crippen LogP contribution in [0.25, 0.3) is 28.0 Å². The van der Waals surface area contributed by atoms with E-state index in [1.54, 1.807) is 42.5 Å². The van der Waals surface area contributed by atoms with Crippen molar-refractivity contribution in [2.75, 3.05) is 0 Å². The third kappa shape index (κ3) is 2.87. The Morgan fingerprint density at radius 2 is 1.59 bits per heavy atom. The van der Waals surface area contributed by atoms with Gasteiger partial charge in [0.1, 0.15) is 0 Å². The van der Waals surface area contributed by atoms with E-state index in [1.165, 1.54) is 10.6 Å². The summed E-state index contributed by atoms with van der Waals surface area (Å²) in [6, 6.07) is 20.7. The van der Waals surface area contributed by atoms with E-state index in [1.807, 2.05) is 31.2 Å². The summed E-state index contributed by atoms with van der Waals surface area (Å²) in [5, 5.41) is 12.0. The molecule has 1 aromatic heterocycles. The summed E-state index contributed by atoms with van der Waals surface area (Å²) < 4.78 is 1.43. The minimum Gasteiger partial charge on any atom is -0.268 e. The zero-order chi connectivity index (χ0) is 19.0. The van der Waals surface area contributed by atoms with Crippen molar-refractivity contribution in [1.82, 2.24) is 9.55 Å². The van der Waals surface area contributed by atoms with Gasteiger partial charge in [0.25, 0.3) is 11.2 Å². The summed E-state index contributed by atoms with van der Waals surface area (Å²) in [6.07, 6.45) is 0. The van der Waals surface area contributed by atoms with Gasteiger partial charge in [-0.25, -0.2) is 4.98 Å². The molecule has 0 amide bonds. The van der Waals surface area contributed by atoms with Crippen LogP contribution in [0.5, 0.6) is 0 Å². The summed E-state index contributed by atoms with van der Waals surface area (Å²) >= 11 is 0. The van der Waals surface area contributed by atoms with Crippen LogP contribution in [-0.4, -0.2) is 14.5 Å². The second kappa shape index (κ2) is 6.49. The lowest BCUT2D eigenvalue weighted by atomic mass is 10.1. The van der Waals surface area contributed by atoms with Crippen molar-refractivity contribution in [1.29, 1.82) is 0 Å². The third-order valence-electron chi connectivity index (χ3n) is 4.41. The molecule has 6 nitrogen and oxygen atoms in total. The first kappa shape index (κ1) is 16.7. The number of nitro groups is 1. The fourth-order valence-corrected chi connectivity index (χ4v) is 3.07. The maximum absolute atomic E-state index is 13.2. The molecule has 6 heteroatoms. The number of rotatable bonds is 3. The van der Waals surface area contributed by atoms with Gasteiger partial charge in [-0.2, -0.15) is 0 Å². The Morgan fingerprint density at radius 3 is 2.33 bits per heavy atom. The second-order valence-electron chi connectivity index (χ2n) is 6.20. The van der Waals surface area contributed by atoms with Crippen LogP contribution in [-0.2, 0) is 0 Å². The van der Waals surface area contributed by atoms with Crippen molar-refractivity contribution in [3.63, 3.8) is 0 Å². The topological polar surface area (TPSA) is 78.0 Å². The lowest BCUT2D eigenvalue weighted by molar-refractivity contribution is -0.384. The standard InChI is InChI=1S/C21H15N3O3/c1-14-10-12-15(13-11-14)23-20(17-7-3-5-9-19(17)24(26)27)22-18-8-4-2-6-16(18)21(23)25/h2-13H,1H3. The molecule has 0 saturated carbocycles. The van der Waals surface area contributed by atoms with E-state index < -0.39 is 4.92 Å². The average Bonchev–Trinajstić information content (AvgIpc) is 2.69. The van der Waals surface area contributed by atoms with Crippen LogP contribution < -0.4 is 5.56 Å². The van der Waals surface area contributed by atoms with E-state index in [0.717, 1.165) is 5.56 Å². The number of nitro benzene ring substituents is 1. The summed E-state index contributed by atoms with van der Waals surface area (Å²) in [4.78, 5) is 28.9. The molecular weight excluding hydrogens is 342 g/mol. The van der Waals surface area contributed by atoms with Crippen LogP contribution in [0.4, 0.5) is 5.69 Å². The van der Waals surface area contributed by atoms with Gasteiger partial charge in [0.2, 0.25) is 0 Å². The fraction of sp³-hybridized carbons (Fsp3) is 0.0476. The van der Waals surface area contributed by atoms with Gasteiger partial charge in [-0.15, -0.1) is 0 Å². The van der Waals surface area contributed by atoms with E-state index >= 15 is 0 Å². The van der Waals surface area contributed by atoms with Crippen molar-refractivity contribution >= 4 is 16.6 Å². The summed E-state index contributed by atoms with van der Waals surface area (Å²) in [5.41, 5.74) is 2.09. The third-order valence-corrected chi connectivity index (χ3v) is 4.41. The number of nitrogens with zero attached hydrogens (tertiary/aromatic N) is 3. The zero-order valence-corrected chi connectivity index (χ0v) is 14.5. The maximum atomic E-state index is 13.2. The van der Waals surface area contributed by atoms with Crippen LogP contribution in [0, 0.1) is 17.0 Å². The van der Waals surface area contributed by atoms with Gasteiger partial charge in [-0.1, -0.05) is 42.0 Å². The van der Waals surface area contributed by atoms with E-state index in [0.29, 0.717) is 22.2 Å². The van der Waals surface area contributed by atoms with Crippen LogP contribution in [0.2, 0.25) is 0 Å². The lowest BCUT2D eigenvalue weighted by Gasteiger charge is -2.14. The predicted octanol–water partition coefficient (Wildman–Crippen LogP) is 4.27. The predicted molar refractivity (Wildman–Crippen MR) is 104 cm³/mol. The molecule has 0 unspecified atom stereocenters. The lowest BCUT2D eigenvalue weighted by Crippen LogP contribution is -2.22. The first-order valence-corrected chi connectivity index (χ1v) is 8.39. The molecule has 132 valence electrons. The number of benzene rings is 3. The molecule has 1 heterocycles. The first-order valence-electron chi connectivity index (χ1n) is 8.39. The Morgan fingerprint density at radius 1 is 0.926 bits per heavy atom. The van der Waals surface area contributed by atoms with Crippen molar-refractivity contribution in [2.24, 2.45) is 0 Å². The van der Waals surface area contributed by atoms with Crippen molar-refractivity contribution in [3.8, 4) is 17.1 Å². The SMILES string of the molecule is Cc1ccc(-n2c(-c3ccccc3[N+](=O)[O-])nc3ccccc3c2=O)cc1. The van der Waals surface area contributed by atoms with Crippen LogP contribution >= 0.6 is 0 Å². The molecule has 0 bridgehead atoms. The number of aromatic nitrogens is 2. The second-order valence-corrected chi connectivity index (χ2v) is 6.20. The first-order chi connectivity index (χ1) is 13.1. The zero-order valence-electron chi connectivity index (χ0n) is 14.5. The molecule has 0 aliphatic rings. The summed E-state index contributed by atoms with van der Waals surface area (Å²) in [5.74, 6) is 0.245. The van der Waals surface area contributed by atoms with Gasteiger partial charge >= 0.3 is 0 Å². The molecule has 4 rings (SSSR count). The Labute approximate surface area is 154 Å². The number of hydrogen-bond donors (Lipinski definition) is 0. The quantitative estimate of drug-likeness (QED) is 0.405. The van der Waals surface area contributed by atoms with Gasteiger partial charge in [0.15, 0.2) is 5.82 Å². The summed E-state index contributed by atoms with van der Waals surface area (Å²) in [6.45, 7) is 1.95. The largest absolute Gasteiger partial charge is 0.280 e. The molecule has 0 radical (unpaired) electrons. The van der Waals surface area contributed by atoms with Crippen LogP contribution in [0.15, 0.2) is 77.6 Å². The summed E-state index contributed by atoms with van der Waals surface area (Å²) in [7, 11) is 0. The Kier molecular flexibility index (Phi) is 4.01. The molecule has 3 aromatic carbocycles. The van der Waals surface area contributed by atoms with E-state index in [4.69, 9.17) is 0 Å². The fourth-order valence-electron chi connectivity index (χ4n) is 3.07. The Bertz CT molecular complexity index is 1230. The number of para-hydroxylation sites is 2. The highest BCUT2D eigenvalue weighted by atomic mass is 16.6. The molecule has 4 aromatic rings. The van der Waals surface area contributed by atoms with Crippen molar-refractivity contribution in [2.45, 2.75) is 6.92 Å². The molecule has 27 heavy (non-hydrogen) atoms. The molecular formula is C21H15N3O3. The van der Waals surface area contributed by atoms with Gasteiger partial charge < -0.3 is 0 Å². The number of fused-ring (bicyclic) bond motifs is 1. The highest BCUT2D eigenvalue weighted by Crippen LogP contribution is 2.30. The highest BCUT2D eigenvalue weighted by Gasteiger charge is 2.21. The van der Waals surface area contributed by atoms with E-state index in [2.05, 4.69) is 4.98 Å². The van der Waals surface area contributed by atoms with E-state index in [9.17, 15) is 14.9 Å². The van der Waals surface area contributed by atoms with E-state index in [-0.39, 0.29) is 17.1 Å². The smallest absolute Gasteiger partial charge is 0.268 e. The normalized spacial score (nSPS) is 10.9. The van der Waals surface area contributed by atoms with Gasteiger partial charge in [0, 0.05) is 6.07 Å². The van der Waals surface area contributed by atoms with Crippen molar-refractivity contribution < 1.29 is 4.92 Å². The van der Waals surface area contributed by atoms with Gasteiger partial charge in [-0.05, 0) is 37.3 Å². The van der Waals surface area contributed by atoms with Crippen molar-refractivity contribution in [3.05, 3.63) is 98.8 Å². The van der Waals surface area contributed by atoms with Gasteiger partial charge in [-0.3, -0.25) is 19.5 Å². The Balaban J connectivity index is 2.14. The highest BCUT2D eigenvalue weighted by molar-refractivity contribution is 5.82. The van der Waals surface area contributed by atoms with Gasteiger partial charge in [0.05, 0.1) is 27.1 Å². The minimum absolute atomic E-state index is 0.0967. The molecule has 0 saturated heterocycles. The average molecular weight is 357 g/mol. The molecule has 0 aliphatic carbocycles. The molecule has 0 aliphatic heterocycles. The number of aryl methyl sites for hydroxylation is 1. The van der Waals surface area contributed by atoms with Crippen LogP contribution in [0.3, 0.4) is 0 Å².